The SMILES string of the molecule is CC1(C)OCc2cc([C@@H](O)CNCCCCCCOCCCCc3cccc(S(=O)(=O)N4CCNCC4)c3)ccc2O1. The van der Waals surface area contributed by atoms with Crippen molar-refractivity contribution in [3.63, 3.8) is 0 Å². The van der Waals surface area contributed by atoms with E-state index in [1.54, 1.807) is 10.4 Å². The highest BCUT2D eigenvalue weighted by Gasteiger charge is 2.28. The number of ether oxygens (including phenoxy) is 3. The summed E-state index contributed by atoms with van der Waals surface area (Å²) >= 11 is 0. The zero-order valence-electron chi connectivity index (χ0n) is 25.3. The summed E-state index contributed by atoms with van der Waals surface area (Å²) in [5.74, 6) is 0.205. The Balaban J connectivity index is 0.991. The normalized spacial score (nSPS) is 17.9. The number of aliphatic hydroxyl groups is 1. The third-order valence-electron chi connectivity index (χ3n) is 7.75. The molecule has 0 aromatic heterocycles. The molecule has 2 aromatic rings. The van der Waals surface area contributed by atoms with Crippen molar-refractivity contribution >= 4 is 10.0 Å². The Hall–Kier alpha value is -2.05. The summed E-state index contributed by atoms with van der Waals surface area (Å²) in [6.07, 6.45) is 6.59. The summed E-state index contributed by atoms with van der Waals surface area (Å²) < 4.78 is 44.7. The number of unbranched alkanes of at least 4 members (excludes halogenated alkanes) is 4. The van der Waals surface area contributed by atoms with Gasteiger partial charge in [-0.1, -0.05) is 31.0 Å². The van der Waals surface area contributed by atoms with Crippen LogP contribution in [0.3, 0.4) is 0 Å². The van der Waals surface area contributed by atoms with E-state index in [4.69, 9.17) is 14.2 Å². The van der Waals surface area contributed by atoms with Crippen molar-refractivity contribution in [2.24, 2.45) is 0 Å². The minimum absolute atomic E-state index is 0.397. The average Bonchev–Trinajstić information content (AvgIpc) is 2.99. The lowest BCUT2D eigenvalue weighted by Gasteiger charge is -2.33. The number of hydrogen-bond acceptors (Lipinski definition) is 8. The molecule has 234 valence electrons. The number of nitrogens with one attached hydrogen (secondary N) is 2. The van der Waals surface area contributed by atoms with Crippen molar-refractivity contribution in [3.8, 4) is 5.75 Å². The van der Waals surface area contributed by atoms with E-state index in [-0.39, 0.29) is 0 Å². The van der Waals surface area contributed by atoms with Crippen molar-refractivity contribution in [2.75, 3.05) is 52.5 Å². The van der Waals surface area contributed by atoms with Crippen LogP contribution in [0, 0.1) is 0 Å². The molecule has 2 aromatic carbocycles. The number of piperazine rings is 1. The molecule has 0 saturated carbocycles. The first-order valence-corrected chi connectivity index (χ1v) is 16.9. The second-order valence-corrected chi connectivity index (χ2v) is 13.6. The van der Waals surface area contributed by atoms with Gasteiger partial charge >= 0.3 is 0 Å². The standard InChI is InChI=1S/C32H49N3O6S/c1-32(2)40-25-28-23-27(13-14-31(28)41-32)30(36)24-34-15-6-3-4-7-20-39-21-8-5-10-26-11-9-12-29(22-26)42(37,38)35-18-16-33-17-19-35/h9,11-14,22-23,30,33-34,36H,3-8,10,15-21,24-25H2,1-2H3/t30-/m0/s1. The summed E-state index contributed by atoms with van der Waals surface area (Å²) in [6.45, 7) is 9.62. The van der Waals surface area contributed by atoms with E-state index in [1.807, 2.05) is 50.2 Å². The topological polar surface area (TPSA) is 109 Å². The third kappa shape index (κ3) is 10.0. The zero-order chi connectivity index (χ0) is 29.8. The Morgan fingerprint density at radius 3 is 2.60 bits per heavy atom. The molecule has 0 aliphatic carbocycles. The molecule has 3 N–H and O–H groups in total. The van der Waals surface area contributed by atoms with Crippen LogP contribution in [-0.2, 0) is 32.5 Å². The molecule has 2 aliphatic heterocycles. The molecule has 0 spiro atoms. The van der Waals surface area contributed by atoms with Gasteiger partial charge in [0.25, 0.3) is 0 Å². The van der Waals surface area contributed by atoms with E-state index in [0.717, 1.165) is 87.1 Å². The molecular weight excluding hydrogens is 554 g/mol. The Morgan fingerprint density at radius 1 is 1.02 bits per heavy atom. The molecule has 1 fully saturated rings. The summed E-state index contributed by atoms with van der Waals surface area (Å²) in [7, 11) is -3.42. The number of aliphatic hydroxyl groups excluding tert-OH is 1. The van der Waals surface area contributed by atoms with E-state index >= 15 is 0 Å². The van der Waals surface area contributed by atoms with E-state index in [9.17, 15) is 13.5 Å². The zero-order valence-corrected chi connectivity index (χ0v) is 26.1. The predicted octanol–water partition coefficient (Wildman–Crippen LogP) is 4.15. The van der Waals surface area contributed by atoms with Crippen LogP contribution in [0.2, 0.25) is 0 Å². The van der Waals surface area contributed by atoms with Gasteiger partial charge in [0, 0.05) is 65.3 Å². The maximum absolute atomic E-state index is 12.9. The molecule has 0 amide bonds. The largest absolute Gasteiger partial charge is 0.463 e. The van der Waals surface area contributed by atoms with E-state index in [2.05, 4.69) is 10.6 Å². The summed E-state index contributed by atoms with van der Waals surface area (Å²) in [5.41, 5.74) is 2.90. The van der Waals surface area contributed by atoms with Gasteiger partial charge < -0.3 is 30.0 Å². The fraction of sp³-hybridized carbons (Fsp3) is 0.625. The lowest BCUT2D eigenvalue weighted by atomic mass is 10.0. The lowest BCUT2D eigenvalue weighted by molar-refractivity contribution is -0.180. The molecule has 10 heteroatoms. The van der Waals surface area contributed by atoms with Gasteiger partial charge in [-0.25, -0.2) is 8.42 Å². The Kier molecular flexibility index (Phi) is 12.6. The molecule has 1 atom stereocenters. The van der Waals surface area contributed by atoms with Crippen LogP contribution in [0.25, 0.3) is 0 Å². The molecule has 2 aliphatic rings. The van der Waals surface area contributed by atoms with Crippen LogP contribution in [-0.4, -0.2) is 76.1 Å². The molecule has 0 unspecified atom stereocenters. The lowest BCUT2D eigenvalue weighted by Crippen LogP contribution is -2.46. The number of benzene rings is 2. The Bertz CT molecular complexity index is 1220. The quantitative estimate of drug-likeness (QED) is 0.232. The van der Waals surface area contributed by atoms with Crippen molar-refractivity contribution in [1.82, 2.24) is 14.9 Å². The number of hydrogen-bond donors (Lipinski definition) is 3. The second kappa shape index (κ2) is 16.1. The molecule has 2 heterocycles. The monoisotopic (exact) mass is 603 g/mol. The Morgan fingerprint density at radius 2 is 1.79 bits per heavy atom. The number of sulfonamides is 1. The molecule has 42 heavy (non-hydrogen) atoms. The minimum atomic E-state index is -3.42. The maximum atomic E-state index is 12.9. The second-order valence-electron chi connectivity index (χ2n) is 11.7. The van der Waals surface area contributed by atoms with Gasteiger partial charge in [0.2, 0.25) is 15.8 Å². The third-order valence-corrected chi connectivity index (χ3v) is 9.64. The van der Waals surface area contributed by atoms with Crippen LogP contribution in [0.5, 0.6) is 5.75 Å². The highest BCUT2D eigenvalue weighted by atomic mass is 32.2. The van der Waals surface area contributed by atoms with Crippen molar-refractivity contribution in [1.29, 1.82) is 0 Å². The number of nitrogens with zero attached hydrogens (tertiary/aromatic N) is 1. The molecule has 0 bridgehead atoms. The summed E-state index contributed by atoms with van der Waals surface area (Å²) in [4.78, 5) is 0.397. The van der Waals surface area contributed by atoms with Gasteiger partial charge in [0.05, 0.1) is 17.6 Å². The van der Waals surface area contributed by atoms with Gasteiger partial charge in [-0.05, 0) is 74.0 Å². The highest BCUT2D eigenvalue weighted by molar-refractivity contribution is 7.89. The molecule has 4 rings (SSSR count). The van der Waals surface area contributed by atoms with Gasteiger partial charge in [0.15, 0.2) is 0 Å². The molecule has 1 saturated heterocycles. The first-order valence-electron chi connectivity index (χ1n) is 15.5. The van der Waals surface area contributed by atoms with Gasteiger partial charge in [0.1, 0.15) is 5.75 Å². The predicted molar refractivity (Wildman–Crippen MR) is 164 cm³/mol. The van der Waals surface area contributed by atoms with Crippen LogP contribution in [0.4, 0.5) is 0 Å². The van der Waals surface area contributed by atoms with Crippen LogP contribution < -0.4 is 15.4 Å². The van der Waals surface area contributed by atoms with Gasteiger partial charge in [-0.2, -0.15) is 4.31 Å². The fourth-order valence-corrected chi connectivity index (χ4v) is 6.77. The minimum Gasteiger partial charge on any atom is -0.463 e. The number of fused-ring (bicyclic) bond motifs is 1. The van der Waals surface area contributed by atoms with Crippen LogP contribution >= 0.6 is 0 Å². The van der Waals surface area contributed by atoms with Crippen molar-refractivity contribution in [3.05, 3.63) is 59.2 Å². The van der Waals surface area contributed by atoms with Gasteiger partial charge in [-0.3, -0.25) is 0 Å². The number of rotatable bonds is 17. The smallest absolute Gasteiger partial charge is 0.243 e. The summed E-state index contributed by atoms with van der Waals surface area (Å²) in [6, 6.07) is 13.2. The van der Waals surface area contributed by atoms with Crippen LogP contribution in [0.15, 0.2) is 47.4 Å². The Labute approximate surface area is 252 Å². The molecular formula is C32H49N3O6S. The van der Waals surface area contributed by atoms with Crippen LogP contribution in [0.1, 0.15) is 75.2 Å². The van der Waals surface area contributed by atoms with E-state index in [0.29, 0.717) is 44.2 Å². The average molecular weight is 604 g/mol. The maximum Gasteiger partial charge on any atom is 0.243 e. The van der Waals surface area contributed by atoms with Crippen molar-refractivity contribution in [2.45, 2.75) is 82.2 Å². The van der Waals surface area contributed by atoms with Gasteiger partial charge in [-0.15, -0.1) is 0 Å². The van der Waals surface area contributed by atoms with E-state index < -0.39 is 21.9 Å². The highest BCUT2D eigenvalue weighted by Crippen LogP contribution is 2.32. The molecule has 9 nitrogen and oxygen atoms in total. The first-order chi connectivity index (χ1) is 20.2. The fourth-order valence-electron chi connectivity index (χ4n) is 5.26. The summed E-state index contributed by atoms with van der Waals surface area (Å²) in [5, 5.41) is 17.1. The number of aryl methyl sites for hydroxylation is 1. The first kappa shape index (κ1) is 32.9. The van der Waals surface area contributed by atoms with E-state index in [1.165, 1.54) is 0 Å². The van der Waals surface area contributed by atoms with Crippen molar-refractivity contribution < 1.29 is 27.7 Å². The molecule has 0 radical (unpaired) electrons.